The molecule has 8 heteroatoms. The Morgan fingerprint density at radius 3 is 1.85 bits per heavy atom. The first-order valence-electron chi connectivity index (χ1n) is 2.96. The van der Waals surface area contributed by atoms with Crippen LogP contribution in [0.4, 0.5) is 9.59 Å². The van der Waals surface area contributed by atoms with Gasteiger partial charge in [0.15, 0.2) is 0 Å². The third-order valence-electron chi connectivity index (χ3n) is 0.610. The first-order chi connectivity index (χ1) is 5.90. The van der Waals surface area contributed by atoms with Crippen LogP contribution in [0.1, 0.15) is 0 Å². The molecule has 0 bridgehead atoms. The van der Waals surface area contributed by atoms with Crippen molar-refractivity contribution in [1.29, 1.82) is 0 Å². The van der Waals surface area contributed by atoms with E-state index in [1.54, 1.807) is 0 Å². The third-order valence-corrected chi connectivity index (χ3v) is 0.610. The van der Waals surface area contributed by atoms with Crippen LogP contribution in [0.15, 0.2) is 0 Å². The molecule has 0 aliphatic rings. The number of rotatable bonds is 3. The van der Waals surface area contributed by atoms with E-state index < -0.39 is 25.0 Å². The molecule has 0 heterocycles. The second-order valence-electron chi connectivity index (χ2n) is 1.70. The van der Waals surface area contributed by atoms with Crippen molar-refractivity contribution in [3.8, 4) is 0 Å². The van der Waals surface area contributed by atoms with Gasteiger partial charge in [-0.3, -0.25) is 0 Å². The Labute approximate surface area is 72.6 Å². The molecule has 0 amide bonds. The average Bonchev–Trinajstić information content (AvgIpc) is 1.99. The molecule has 0 aromatic rings. The van der Waals surface area contributed by atoms with Gasteiger partial charge in [0.1, 0.15) is 12.7 Å². The van der Waals surface area contributed by atoms with E-state index in [0.717, 1.165) is 0 Å². The van der Waals surface area contributed by atoms with E-state index in [9.17, 15) is 4.79 Å². The van der Waals surface area contributed by atoms with Gasteiger partial charge in [-0.05, 0) is 0 Å². The molecule has 8 nitrogen and oxygen atoms in total. The van der Waals surface area contributed by atoms with Crippen molar-refractivity contribution < 1.29 is 39.9 Å². The molecule has 0 radical (unpaired) electrons. The highest BCUT2D eigenvalue weighted by Crippen LogP contribution is 1.82. The Kier molecular flexibility index (Phi) is 9.22. The van der Waals surface area contributed by atoms with E-state index in [-0.39, 0.29) is 6.61 Å². The van der Waals surface area contributed by atoms with Crippen molar-refractivity contribution in [2.24, 2.45) is 0 Å². The average molecular weight is 198 g/mol. The summed E-state index contributed by atoms with van der Waals surface area (Å²) in [6, 6.07) is 0. The fourth-order valence-electron chi connectivity index (χ4n) is 0.220. The summed E-state index contributed by atoms with van der Waals surface area (Å²) in [4.78, 5) is 18.2. The van der Waals surface area contributed by atoms with Gasteiger partial charge in [-0.2, -0.15) is 0 Å². The van der Waals surface area contributed by atoms with Crippen molar-refractivity contribution in [2.45, 2.75) is 6.10 Å². The Bertz CT molecular complexity index is 151. The zero-order valence-electron chi connectivity index (χ0n) is 6.45. The molecule has 0 saturated heterocycles. The maximum Gasteiger partial charge on any atom is 0.505 e. The summed E-state index contributed by atoms with van der Waals surface area (Å²) in [6.07, 6.45) is -4.40. The maximum absolute atomic E-state index is 9.60. The second-order valence-corrected chi connectivity index (χ2v) is 1.70. The van der Waals surface area contributed by atoms with Crippen molar-refractivity contribution in [2.75, 3.05) is 13.2 Å². The first kappa shape index (κ1) is 14.0. The molecule has 0 aliphatic heterocycles. The van der Waals surface area contributed by atoms with Gasteiger partial charge in [-0.1, -0.05) is 0 Å². The number of ether oxygens (including phenoxy) is 1. The van der Waals surface area contributed by atoms with Crippen LogP contribution >= 0.6 is 0 Å². The quantitative estimate of drug-likeness (QED) is 0.372. The van der Waals surface area contributed by atoms with Gasteiger partial charge in [0.25, 0.3) is 0 Å². The molecule has 0 aliphatic carbocycles. The van der Waals surface area contributed by atoms with Crippen LogP contribution < -0.4 is 0 Å². The molecular weight excluding hydrogens is 188 g/mol. The third kappa shape index (κ3) is 25.1. The molecule has 0 saturated carbocycles. The van der Waals surface area contributed by atoms with Gasteiger partial charge in [0, 0.05) is 0 Å². The number of aliphatic hydroxyl groups is 2. The van der Waals surface area contributed by atoms with E-state index in [1.165, 1.54) is 0 Å². The maximum atomic E-state index is 9.60. The van der Waals surface area contributed by atoms with Crippen LogP contribution in [0.2, 0.25) is 0 Å². The monoisotopic (exact) mass is 198 g/mol. The summed E-state index contributed by atoms with van der Waals surface area (Å²) in [7, 11) is 0. The summed E-state index contributed by atoms with van der Waals surface area (Å²) in [5.41, 5.74) is 0. The number of aliphatic hydroxyl groups excluding tert-OH is 2. The number of carboxylic acid groups (broad SMARTS) is 3. The van der Waals surface area contributed by atoms with Crippen molar-refractivity contribution in [3.63, 3.8) is 0 Å². The Morgan fingerprint density at radius 2 is 1.62 bits per heavy atom. The number of carbonyl (C=O) groups is 2. The zero-order valence-corrected chi connectivity index (χ0v) is 6.45. The smallest absolute Gasteiger partial charge is 0.450 e. The topological polar surface area (TPSA) is 145 Å². The fraction of sp³-hybridized carbons (Fsp3) is 0.600. The highest BCUT2D eigenvalue weighted by molar-refractivity contribution is 5.56. The van der Waals surface area contributed by atoms with Crippen molar-refractivity contribution >= 4 is 12.3 Å². The van der Waals surface area contributed by atoms with Crippen LogP contribution in [-0.4, -0.2) is 57.2 Å². The molecule has 0 rings (SSSR count). The highest BCUT2D eigenvalue weighted by Gasteiger charge is 2.03. The Morgan fingerprint density at radius 1 is 1.23 bits per heavy atom. The van der Waals surface area contributed by atoms with Crippen LogP contribution in [0.5, 0.6) is 0 Å². The molecular formula is C5H10O8. The summed E-state index contributed by atoms with van der Waals surface area (Å²) in [5.74, 6) is 0. The zero-order chi connectivity index (χ0) is 10.9. The Hall–Kier alpha value is -1.54. The summed E-state index contributed by atoms with van der Waals surface area (Å²) in [6.45, 7) is -0.876. The van der Waals surface area contributed by atoms with Crippen LogP contribution in [0.3, 0.4) is 0 Å². The molecule has 0 aromatic heterocycles. The summed E-state index contributed by atoms with van der Waals surface area (Å²) in [5, 5.41) is 38.4. The highest BCUT2D eigenvalue weighted by atomic mass is 16.7. The van der Waals surface area contributed by atoms with Gasteiger partial charge in [-0.25, -0.2) is 9.59 Å². The predicted octanol–water partition coefficient (Wildman–Crippen LogP) is -0.743. The van der Waals surface area contributed by atoms with Crippen molar-refractivity contribution in [1.82, 2.24) is 0 Å². The lowest BCUT2D eigenvalue weighted by molar-refractivity contribution is 0.0145. The standard InChI is InChI=1S/C4H8O5.CH2O3/c5-1-3(6)2-9-4(7)8;2-1(3)4/h3,5-6H,1-2H2,(H,7,8);(H2,2,3,4). The molecule has 78 valence electrons. The van der Waals surface area contributed by atoms with Crippen LogP contribution in [0, 0.1) is 0 Å². The molecule has 0 aromatic carbocycles. The summed E-state index contributed by atoms with van der Waals surface area (Å²) >= 11 is 0. The van der Waals surface area contributed by atoms with E-state index >= 15 is 0 Å². The van der Waals surface area contributed by atoms with Gasteiger partial charge in [0.2, 0.25) is 0 Å². The van der Waals surface area contributed by atoms with Gasteiger partial charge in [0.05, 0.1) is 6.61 Å². The lowest BCUT2D eigenvalue weighted by atomic mass is 10.4. The normalized spacial score (nSPS) is 10.6. The Balaban J connectivity index is 0. The van der Waals surface area contributed by atoms with Crippen LogP contribution in [-0.2, 0) is 4.74 Å². The minimum Gasteiger partial charge on any atom is -0.450 e. The largest absolute Gasteiger partial charge is 0.505 e. The lowest BCUT2D eigenvalue weighted by Crippen LogP contribution is -2.21. The SMILES string of the molecule is O=C(O)O.O=C(O)OCC(O)CO. The molecule has 5 N–H and O–H groups in total. The van der Waals surface area contributed by atoms with E-state index in [1.807, 2.05) is 0 Å². The molecule has 0 spiro atoms. The minimum absolute atomic E-state index is 0.383. The molecule has 13 heavy (non-hydrogen) atoms. The van der Waals surface area contributed by atoms with E-state index in [0.29, 0.717) is 0 Å². The van der Waals surface area contributed by atoms with E-state index in [4.69, 9.17) is 30.3 Å². The second kappa shape index (κ2) is 8.56. The lowest BCUT2D eigenvalue weighted by Gasteiger charge is -2.03. The molecule has 1 unspecified atom stereocenters. The molecule has 1 atom stereocenters. The van der Waals surface area contributed by atoms with Gasteiger partial charge in [-0.15, -0.1) is 0 Å². The summed E-state index contributed by atoms with van der Waals surface area (Å²) < 4.78 is 3.90. The van der Waals surface area contributed by atoms with E-state index in [2.05, 4.69) is 4.74 Å². The van der Waals surface area contributed by atoms with Gasteiger partial charge >= 0.3 is 12.3 Å². The fourth-order valence-corrected chi connectivity index (χ4v) is 0.220. The molecule has 0 fully saturated rings. The van der Waals surface area contributed by atoms with Crippen LogP contribution in [0.25, 0.3) is 0 Å². The predicted molar refractivity (Wildman–Crippen MR) is 37.7 cm³/mol. The van der Waals surface area contributed by atoms with Crippen molar-refractivity contribution in [3.05, 3.63) is 0 Å². The van der Waals surface area contributed by atoms with Gasteiger partial charge < -0.3 is 30.3 Å². The minimum atomic E-state index is -1.83. The number of hydrogen-bond donors (Lipinski definition) is 5. The first-order valence-corrected chi connectivity index (χ1v) is 2.96. The number of hydrogen-bond acceptors (Lipinski definition) is 5.